The van der Waals surface area contributed by atoms with Crippen molar-refractivity contribution in [1.82, 2.24) is 31.3 Å². The van der Waals surface area contributed by atoms with E-state index in [1.807, 2.05) is 45.5 Å². The average molecular weight is 901 g/mol. The minimum atomic E-state index is -1.96. The van der Waals surface area contributed by atoms with Gasteiger partial charge in [-0.25, -0.2) is 5.10 Å². The first kappa shape index (κ1) is 42.3. The third kappa shape index (κ3) is 20.1. The van der Waals surface area contributed by atoms with Crippen LogP contribution < -0.4 is 15.4 Å². The zero-order chi connectivity index (χ0) is 40.4. The van der Waals surface area contributed by atoms with Crippen LogP contribution >= 0.6 is 40.0 Å². The van der Waals surface area contributed by atoms with Gasteiger partial charge in [-0.1, -0.05) is 118 Å². The molecule has 0 aliphatic rings. The van der Waals surface area contributed by atoms with Gasteiger partial charge in [-0.15, -0.1) is 5.10 Å². The van der Waals surface area contributed by atoms with Crippen LogP contribution in [0.5, 0.6) is 5.75 Å². The summed E-state index contributed by atoms with van der Waals surface area (Å²) in [4.78, 5) is 35.2. The van der Waals surface area contributed by atoms with Crippen molar-refractivity contribution in [2.75, 3.05) is 18.9 Å². The van der Waals surface area contributed by atoms with E-state index in [0.29, 0.717) is 31.6 Å². The highest BCUT2D eigenvalue weighted by Gasteiger charge is 2.23. The number of aromatic nitrogens is 4. The average Bonchev–Trinajstić information content (AvgIpc) is 3.72. The van der Waals surface area contributed by atoms with Crippen molar-refractivity contribution in [1.29, 1.82) is 0 Å². The molecular formula is C39H57IN6O6S2. The number of nitrogens with one attached hydrogen (secondary N) is 3. The SMILES string of the molecule is [3H]C([3H])(SSI)C(CC(=O)O)N[C@@H](CCCCNC(=O)CCCCCCCCCCCCCCCOc1ccc(-c2ccc(-c3nnn[nH]3)cc2)cc1)C(=O)O. The maximum absolute atomic E-state index is 12.2. The van der Waals surface area contributed by atoms with E-state index in [-0.39, 0.29) is 12.3 Å². The number of ether oxygens (including phenoxy) is 1. The van der Waals surface area contributed by atoms with Crippen LogP contribution in [0.2, 0.25) is 0 Å². The molecule has 298 valence electrons. The summed E-state index contributed by atoms with van der Waals surface area (Å²) in [5.74, 6) is -0.805. The van der Waals surface area contributed by atoms with Gasteiger partial charge in [0.15, 0.2) is 5.82 Å². The number of carbonyl (C=O) groups is 3. The number of benzene rings is 2. The molecule has 1 unspecified atom stereocenters. The molecule has 0 saturated heterocycles. The molecule has 2 aromatic carbocycles. The molecule has 1 aromatic heterocycles. The normalized spacial score (nSPS) is 13.1. The van der Waals surface area contributed by atoms with Gasteiger partial charge < -0.3 is 25.6 Å². The van der Waals surface area contributed by atoms with Crippen molar-refractivity contribution in [3.8, 4) is 28.3 Å². The molecular weight excluding hydrogens is 840 g/mol. The molecule has 2 atom stereocenters. The fraction of sp³-hybridized carbons (Fsp3) is 0.590. The van der Waals surface area contributed by atoms with E-state index in [2.05, 4.69) is 55.5 Å². The predicted octanol–water partition coefficient (Wildman–Crippen LogP) is 9.28. The topological polar surface area (TPSA) is 179 Å². The molecule has 5 N–H and O–H groups in total. The Morgan fingerprint density at radius 3 is 1.93 bits per heavy atom. The molecule has 0 spiro atoms. The van der Waals surface area contributed by atoms with E-state index in [0.717, 1.165) is 73.5 Å². The van der Waals surface area contributed by atoms with Crippen LogP contribution in [0.15, 0.2) is 48.5 Å². The van der Waals surface area contributed by atoms with Gasteiger partial charge in [-0.2, -0.15) is 0 Å². The predicted molar refractivity (Wildman–Crippen MR) is 227 cm³/mol. The van der Waals surface area contributed by atoms with Crippen LogP contribution in [0, 0.1) is 0 Å². The summed E-state index contributed by atoms with van der Waals surface area (Å²) in [6.07, 6.45) is 16.6. The molecule has 0 saturated carbocycles. The maximum atomic E-state index is 12.2. The Balaban J connectivity index is 1.09. The van der Waals surface area contributed by atoms with Crippen LogP contribution in [-0.2, 0) is 14.4 Å². The number of halogens is 1. The second kappa shape index (κ2) is 28.5. The first-order valence-corrected chi connectivity index (χ1v) is 23.8. The molecule has 0 bridgehead atoms. The number of hydrogen-bond donors (Lipinski definition) is 5. The Morgan fingerprint density at radius 1 is 0.796 bits per heavy atom. The van der Waals surface area contributed by atoms with Crippen LogP contribution in [0.4, 0.5) is 0 Å². The number of carbonyl (C=O) groups excluding carboxylic acids is 1. The molecule has 3 rings (SSSR count). The number of carboxylic acid groups (broad SMARTS) is 2. The van der Waals surface area contributed by atoms with Crippen molar-refractivity contribution in [2.24, 2.45) is 0 Å². The highest BCUT2D eigenvalue weighted by atomic mass is 127. The molecule has 0 radical (unpaired) electrons. The second-order valence-corrected chi connectivity index (χ2v) is 18.0. The van der Waals surface area contributed by atoms with E-state index in [9.17, 15) is 24.6 Å². The Kier molecular flexibility index (Phi) is 22.3. The number of tetrazole rings is 1. The zero-order valence-corrected chi connectivity index (χ0v) is 34.8. The van der Waals surface area contributed by atoms with Gasteiger partial charge in [0.1, 0.15) is 11.8 Å². The highest BCUT2D eigenvalue weighted by Crippen LogP contribution is 2.30. The number of H-pyrrole nitrogens is 1. The van der Waals surface area contributed by atoms with Gasteiger partial charge in [0, 0.05) is 54.2 Å². The summed E-state index contributed by atoms with van der Waals surface area (Å²) in [5, 5.41) is 38.4. The Labute approximate surface area is 342 Å². The zero-order valence-electron chi connectivity index (χ0n) is 33.0. The molecule has 1 heterocycles. The maximum Gasteiger partial charge on any atom is 0.320 e. The van der Waals surface area contributed by atoms with Gasteiger partial charge in [0.2, 0.25) is 5.91 Å². The summed E-state index contributed by atoms with van der Waals surface area (Å²) < 4.78 is 22.2. The van der Waals surface area contributed by atoms with Crippen molar-refractivity contribution in [2.45, 2.75) is 128 Å². The number of aromatic amines is 1. The van der Waals surface area contributed by atoms with Gasteiger partial charge in [-0.3, -0.25) is 14.4 Å². The van der Waals surface area contributed by atoms with Gasteiger partial charge >= 0.3 is 11.9 Å². The number of aliphatic carboxylic acids is 2. The first-order valence-electron chi connectivity index (χ1n) is 20.1. The van der Waals surface area contributed by atoms with Gasteiger partial charge in [-0.05, 0) is 73.8 Å². The van der Waals surface area contributed by atoms with Crippen LogP contribution in [0.3, 0.4) is 0 Å². The first-order chi connectivity index (χ1) is 27.1. The van der Waals surface area contributed by atoms with Crippen molar-refractivity contribution < 1.29 is 32.1 Å². The molecule has 3 aromatic rings. The summed E-state index contributed by atoms with van der Waals surface area (Å²) in [5.41, 5.74) is 1.24. The Hall–Kier alpha value is -2.89. The third-order valence-electron chi connectivity index (χ3n) is 9.05. The summed E-state index contributed by atoms with van der Waals surface area (Å²) >= 11 is 1.90. The van der Waals surface area contributed by atoms with E-state index in [1.54, 1.807) is 0 Å². The summed E-state index contributed by atoms with van der Waals surface area (Å²) in [6.45, 7) is 1.18. The van der Waals surface area contributed by atoms with Gasteiger partial charge in [0.05, 0.1) is 13.0 Å². The summed E-state index contributed by atoms with van der Waals surface area (Å²) in [7, 11) is 1.98. The van der Waals surface area contributed by atoms with E-state index in [4.69, 9.17) is 7.48 Å². The number of rotatable bonds is 32. The molecule has 15 heteroatoms. The molecule has 0 aliphatic carbocycles. The Bertz CT molecular complexity index is 1540. The fourth-order valence-corrected chi connectivity index (χ4v) is 7.76. The monoisotopic (exact) mass is 900 g/mol. The quantitative estimate of drug-likeness (QED) is 0.0228. The lowest BCUT2D eigenvalue weighted by atomic mass is 10.0. The number of hydrogen-bond acceptors (Lipinski definition) is 10. The molecule has 54 heavy (non-hydrogen) atoms. The number of nitrogens with zero attached hydrogens (tertiary/aromatic N) is 3. The van der Waals surface area contributed by atoms with Crippen LogP contribution in [-0.4, -0.2) is 79.6 Å². The van der Waals surface area contributed by atoms with Crippen LogP contribution in [0.25, 0.3) is 22.5 Å². The molecule has 12 nitrogen and oxygen atoms in total. The van der Waals surface area contributed by atoms with Crippen LogP contribution in [0.1, 0.15) is 118 Å². The third-order valence-corrected chi connectivity index (χ3v) is 11.6. The minimum absolute atomic E-state index is 0.000920. The highest BCUT2D eigenvalue weighted by molar-refractivity contribution is 14.2. The summed E-state index contributed by atoms with van der Waals surface area (Å²) in [6, 6.07) is 14.1. The van der Waals surface area contributed by atoms with Crippen molar-refractivity contribution in [3.63, 3.8) is 0 Å². The smallest absolute Gasteiger partial charge is 0.320 e. The van der Waals surface area contributed by atoms with Crippen molar-refractivity contribution in [3.05, 3.63) is 48.5 Å². The Morgan fingerprint density at radius 2 is 1.37 bits per heavy atom. The second-order valence-electron chi connectivity index (χ2n) is 13.4. The largest absolute Gasteiger partial charge is 0.494 e. The van der Waals surface area contributed by atoms with E-state index < -0.39 is 36.1 Å². The standard InChI is InChI=1S/C39H57IN6O6S2/c40-54-53-29-33(28-37(48)49)42-35(39(50)51)16-13-14-26-41-36(47)17-12-10-8-6-4-2-1-3-5-7-9-11-15-27-52-34-24-22-31(23-25-34)30-18-20-32(21-19-30)38-43-45-46-44-38/h18-25,33,35,42H,1-17,26-29H2,(H,41,47)(H,48,49)(H,50,51)(H,43,44,45,46)/t33?,35-/m0/s1/i29T2. The minimum Gasteiger partial charge on any atom is -0.494 e. The number of amides is 1. The lowest BCUT2D eigenvalue weighted by Gasteiger charge is -2.21. The lowest BCUT2D eigenvalue weighted by Crippen LogP contribution is -2.45. The van der Waals surface area contributed by atoms with Gasteiger partial charge in [0.25, 0.3) is 0 Å². The van der Waals surface area contributed by atoms with E-state index >= 15 is 0 Å². The lowest BCUT2D eigenvalue weighted by molar-refractivity contribution is -0.141. The number of carboxylic acids is 2. The van der Waals surface area contributed by atoms with Crippen molar-refractivity contribution >= 4 is 57.8 Å². The fourth-order valence-electron chi connectivity index (χ4n) is 6.06. The molecule has 0 aliphatic heterocycles. The van der Waals surface area contributed by atoms with E-state index in [1.165, 1.54) is 57.8 Å². The molecule has 0 fully saturated rings. The number of unbranched alkanes of at least 4 members (excludes halogenated alkanes) is 13. The molecule has 1 amide bonds.